The molecule has 158 valence electrons. The lowest BCUT2D eigenvalue weighted by Crippen LogP contribution is -2.13. The van der Waals surface area contributed by atoms with Gasteiger partial charge in [-0.3, -0.25) is 4.79 Å². The summed E-state index contributed by atoms with van der Waals surface area (Å²) < 4.78 is 39.1. The summed E-state index contributed by atoms with van der Waals surface area (Å²) in [7, 11) is 1.32. The first kappa shape index (κ1) is 21.5. The highest BCUT2D eigenvalue weighted by molar-refractivity contribution is 5.99. The highest BCUT2D eigenvalue weighted by Crippen LogP contribution is 2.30. The van der Waals surface area contributed by atoms with E-state index < -0.39 is 12.6 Å². The maximum absolute atomic E-state index is 12.4. The van der Waals surface area contributed by atoms with Crippen molar-refractivity contribution < 1.29 is 32.6 Å². The van der Waals surface area contributed by atoms with Crippen LogP contribution in [0, 0.1) is 0 Å². The lowest BCUT2D eigenvalue weighted by atomic mass is 9.90. The highest BCUT2D eigenvalue weighted by Gasteiger charge is 2.14. The summed E-state index contributed by atoms with van der Waals surface area (Å²) in [6.07, 6.45) is 6.86. The van der Waals surface area contributed by atoms with Crippen molar-refractivity contribution in [3.8, 4) is 11.5 Å². The minimum absolute atomic E-state index is 0.105. The summed E-state index contributed by atoms with van der Waals surface area (Å²) in [5.41, 5.74) is 3.52. The molecule has 3 rings (SSSR count). The van der Waals surface area contributed by atoms with E-state index >= 15 is 0 Å². The maximum Gasteiger partial charge on any atom is 0.387 e. The lowest BCUT2D eigenvalue weighted by Gasteiger charge is -2.16. The number of aryl methyl sites for hydroxylation is 2. The average Bonchev–Trinajstić information content (AvgIpc) is 2.76. The van der Waals surface area contributed by atoms with Gasteiger partial charge >= 0.3 is 12.6 Å². The van der Waals surface area contributed by atoms with E-state index in [0.717, 1.165) is 31.8 Å². The molecule has 0 saturated carbocycles. The number of carbonyl (C=O) groups excluding carboxylic acids is 2. The van der Waals surface area contributed by atoms with Gasteiger partial charge < -0.3 is 14.2 Å². The van der Waals surface area contributed by atoms with Gasteiger partial charge in [0.1, 0.15) is 0 Å². The van der Waals surface area contributed by atoms with Crippen molar-refractivity contribution in [2.45, 2.75) is 32.3 Å². The maximum atomic E-state index is 12.4. The van der Waals surface area contributed by atoms with Crippen molar-refractivity contribution >= 4 is 17.8 Å². The van der Waals surface area contributed by atoms with Gasteiger partial charge in [0.25, 0.3) is 0 Å². The smallest absolute Gasteiger partial charge is 0.387 e. The number of hydrogen-bond donors (Lipinski definition) is 0. The van der Waals surface area contributed by atoms with Crippen LogP contribution in [0.15, 0.2) is 42.5 Å². The van der Waals surface area contributed by atoms with E-state index in [2.05, 4.69) is 4.74 Å². The molecule has 0 amide bonds. The lowest BCUT2D eigenvalue weighted by molar-refractivity contribution is -0.136. The Morgan fingerprint density at radius 1 is 1.03 bits per heavy atom. The van der Waals surface area contributed by atoms with E-state index in [-0.39, 0.29) is 23.9 Å². The van der Waals surface area contributed by atoms with Crippen molar-refractivity contribution in [3.63, 3.8) is 0 Å². The van der Waals surface area contributed by atoms with Crippen molar-refractivity contribution in [1.82, 2.24) is 0 Å². The summed E-state index contributed by atoms with van der Waals surface area (Å²) in [5, 5.41) is 0. The summed E-state index contributed by atoms with van der Waals surface area (Å²) in [5.74, 6) is -0.954. The third kappa shape index (κ3) is 5.65. The first-order valence-electron chi connectivity index (χ1n) is 9.59. The van der Waals surface area contributed by atoms with Gasteiger partial charge in [0.2, 0.25) is 0 Å². The number of methoxy groups -OCH3 is 1. The Hall–Kier alpha value is -3.22. The standard InChI is InChI=1S/C23H22F2O5/c1-28-21-12-15(6-10-20(21)30-23(24)25)7-11-22(27)29-14-19(26)18-9-8-16-4-2-3-5-17(16)13-18/h6-13,23H,2-5,14H2,1H3/b11-7+. The van der Waals surface area contributed by atoms with Crippen LogP contribution in [0.4, 0.5) is 8.78 Å². The van der Waals surface area contributed by atoms with Crippen LogP contribution in [-0.2, 0) is 22.4 Å². The molecule has 0 radical (unpaired) electrons. The van der Waals surface area contributed by atoms with Gasteiger partial charge in [0.05, 0.1) is 7.11 Å². The van der Waals surface area contributed by atoms with Crippen molar-refractivity contribution in [2.24, 2.45) is 0 Å². The fourth-order valence-corrected chi connectivity index (χ4v) is 3.32. The van der Waals surface area contributed by atoms with E-state index in [0.29, 0.717) is 11.1 Å². The predicted molar refractivity (Wildman–Crippen MR) is 107 cm³/mol. The minimum atomic E-state index is -2.97. The van der Waals surface area contributed by atoms with Crippen LogP contribution in [0.25, 0.3) is 6.08 Å². The number of alkyl halides is 2. The number of ketones is 1. The highest BCUT2D eigenvalue weighted by atomic mass is 19.3. The zero-order chi connectivity index (χ0) is 21.5. The molecular formula is C23H22F2O5. The molecule has 0 spiro atoms. The van der Waals surface area contributed by atoms with Crippen LogP contribution >= 0.6 is 0 Å². The number of benzene rings is 2. The first-order valence-corrected chi connectivity index (χ1v) is 9.59. The van der Waals surface area contributed by atoms with E-state index in [1.54, 1.807) is 6.07 Å². The van der Waals surface area contributed by atoms with E-state index in [9.17, 15) is 18.4 Å². The summed E-state index contributed by atoms with van der Waals surface area (Å²) >= 11 is 0. The number of ether oxygens (including phenoxy) is 3. The summed E-state index contributed by atoms with van der Waals surface area (Å²) in [4.78, 5) is 24.3. The molecule has 1 aliphatic carbocycles. The Kier molecular flexibility index (Phi) is 7.17. The number of fused-ring (bicyclic) bond motifs is 1. The Morgan fingerprint density at radius 2 is 1.80 bits per heavy atom. The Bertz CT molecular complexity index is 953. The molecule has 2 aromatic rings. The van der Waals surface area contributed by atoms with Gasteiger partial charge in [-0.25, -0.2) is 4.79 Å². The second-order valence-corrected chi connectivity index (χ2v) is 6.84. The molecule has 0 aliphatic heterocycles. The van der Waals surface area contributed by atoms with Crippen molar-refractivity contribution in [1.29, 1.82) is 0 Å². The van der Waals surface area contributed by atoms with Crippen LogP contribution in [0.1, 0.15) is 39.9 Å². The summed E-state index contributed by atoms with van der Waals surface area (Å²) in [6, 6.07) is 9.87. The molecule has 0 unspecified atom stereocenters. The SMILES string of the molecule is COc1cc(/C=C/C(=O)OCC(=O)c2ccc3c(c2)CCCC3)ccc1OC(F)F. The Morgan fingerprint density at radius 3 is 2.53 bits per heavy atom. The first-order chi connectivity index (χ1) is 14.5. The molecule has 2 aromatic carbocycles. The molecule has 0 heterocycles. The Labute approximate surface area is 173 Å². The number of halogens is 2. The average molecular weight is 416 g/mol. The molecule has 7 heteroatoms. The normalized spacial score (nSPS) is 13.2. The minimum Gasteiger partial charge on any atom is -0.493 e. The molecule has 0 aromatic heterocycles. The molecule has 0 atom stereocenters. The van der Waals surface area contributed by atoms with Crippen LogP contribution in [0.3, 0.4) is 0 Å². The van der Waals surface area contributed by atoms with Crippen molar-refractivity contribution in [3.05, 3.63) is 64.7 Å². The van der Waals surface area contributed by atoms with Crippen LogP contribution in [-0.4, -0.2) is 32.1 Å². The third-order valence-electron chi connectivity index (χ3n) is 4.83. The van der Waals surface area contributed by atoms with Crippen LogP contribution < -0.4 is 9.47 Å². The van der Waals surface area contributed by atoms with Gasteiger partial charge in [-0.2, -0.15) is 8.78 Å². The van der Waals surface area contributed by atoms with Gasteiger partial charge in [0, 0.05) is 11.6 Å². The molecule has 1 aliphatic rings. The fraction of sp³-hybridized carbons (Fsp3) is 0.304. The number of hydrogen-bond acceptors (Lipinski definition) is 5. The molecule has 5 nitrogen and oxygen atoms in total. The van der Waals surface area contributed by atoms with Crippen molar-refractivity contribution in [2.75, 3.05) is 13.7 Å². The number of esters is 1. The second-order valence-electron chi connectivity index (χ2n) is 6.84. The van der Waals surface area contributed by atoms with Crippen LogP contribution in [0.5, 0.6) is 11.5 Å². The topological polar surface area (TPSA) is 61.8 Å². The largest absolute Gasteiger partial charge is 0.493 e. The zero-order valence-corrected chi connectivity index (χ0v) is 16.5. The molecular weight excluding hydrogens is 394 g/mol. The fourth-order valence-electron chi connectivity index (χ4n) is 3.32. The van der Waals surface area contributed by atoms with E-state index in [4.69, 9.17) is 9.47 Å². The predicted octanol–water partition coefficient (Wildman–Crippen LogP) is 4.61. The molecule has 0 fully saturated rings. The molecule has 0 N–H and O–H groups in total. The third-order valence-corrected chi connectivity index (χ3v) is 4.83. The zero-order valence-electron chi connectivity index (χ0n) is 16.5. The second kappa shape index (κ2) is 10.0. The Balaban J connectivity index is 1.56. The van der Waals surface area contributed by atoms with Gasteiger partial charge in [-0.15, -0.1) is 0 Å². The van der Waals surface area contributed by atoms with Crippen LogP contribution in [0.2, 0.25) is 0 Å². The number of rotatable bonds is 8. The summed E-state index contributed by atoms with van der Waals surface area (Å²) in [6.45, 7) is -3.32. The number of Topliss-reactive ketones (excluding diaryl/α,β-unsaturated/α-hetero) is 1. The molecule has 0 saturated heterocycles. The quantitative estimate of drug-likeness (QED) is 0.357. The van der Waals surface area contributed by atoms with Gasteiger partial charge in [0.15, 0.2) is 23.9 Å². The monoisotopic (exact) mass is 416 g/mol. The van der Waals surface area contributed by atoms with Gasteiger partial charge in [-0.1, -0.05) is 18.2 Å². The van der Waals surface area contributed by atoms with Gasteiger partial charge in [-0.05, 0) is 66.6 Å². The number of carbonyl (C=O) groups is 2. The molecule has 0 bridgehead atoms. The molecule has 30 heavy (non-hydrogen) atoms. The van der Waals surface area contributed by atoms with E-state index in [1.165, 1.54) is 42.5 Å². The van der Waals surface area contributed by atoms with E-state index in [1.807, 2.05) is 12.1 Å².